The normalized spacial score (nSPS) is 14.6. The molecule has 0 saturated heterocycles. The number of amides is 1. The summed E-state index contributed by atoms with van der Waals surface area (Å²) < 4.78 is 1.19. The molecule has 3 nitrogen and oxygen atoms in total. The van der Waals surface area contributed by atoms with E-state index < -0.39 is 0 Å². The number of nitrogens with zero attached hydrogens (tertiary/aromatic N) is 1. The lowest BCUT2D eigenvalue weighted by Gasteiger charge is -2.24. The number of fused-ring (bicyclic) bond motifs is 1. The Bertz CT molecular complexity index is 801. The maximum atomic E-state index is 12.0. The Morgan fingerprint density at radius 3 is 2.61 bits per heavy atom. The van der Waals surface area contributed by atoms with Gasteiger partial charge in [-0.05, 0) is 55.2 Å². The highest BCUT2D eigenvalue weighted by Crippen LogP contribution is 2.31. The van der Waals surface area contributed by atoms with Crippen LogP contribution in [0.2, 0.25) is 0 Å². The van der Waals surface area contributed by atoms with Crippen molar-refractivity contribution in [2.45, 2.75) is 25.7 Å². The second kappa shape index (κ2) is 6.13. The van der Waals surface area contributed by atoms with Gasteiger partial charge in [0.2, 0.25) is 5.91 Å². The topological polar surface area (TPSA) is 42.0 Å². The van der Waals surface area contributed by atoms with Crippen LogP contribution in [-0.4, -0.2) is 10.9 Å². The zero-order valence-corrected chi connectivity index (χ0v) is 13.6. The maximum absolute atomic E-state index is 12.0. The molecule has 4 rings (SSSR count). The summed E-state index contributed by atoms with van der Waals surface area (Å²) in [7, 11) is 0. The highest BCUT2D eigenvalue weighted by Gasteiger charge is 2.20. The summed E-state index contributed by atoms with van der Waals surface area (Å²) in [6.45, 7) is 0. The number of carbonyl (C=O) groups excluding carboxylic acids is 1. The Hall–Kier alpha value is -2.20. The predicted molar refractivity (Wildman–Crippen MR) is 95.6 cm³/mol. The van der Waals surface area contributed by atoms with E-state index in [4.69, 9.17) is 0 Å². The molecule has 1 fully saturated rings. The van der Waals surface area contributed by atoms with E-state index in [0.717, 1.165) is 21.8 Å². The third-order valence-corrected chi connectivity index (χ3v) is 5.49. The van der Waals surface area contributed by atoms with Gasteiger partial charge in [-0.15, -0.1) is 11.3 Å². The Morgan fingerprint density at radius 1 is 1.13 bits per heavy atom. The molecule has 1 N–H and O–H groups in total. The number of benzene rings is 2. The number of para-hydroxylation sites is 1. The molecule has 0 bridgehead atoms. The van der Waals surface area contributed by atoms with Crippen LogP contribution in [0.1, 0.15) is 25.7 Å². The molecule has 23 heavy (non-hydrogen) atoms. The van der Waals surface area contributed by atoms with Crippen LogP contribution < -0.4 is 5.32 Å². The summed E-state index contributed by atoms with van der Waals surface area (Å²) in [6.07, 6.45) is 4.32. The highest BCUT2D eigenvalue weighted by atomic mass is 32.1. The number of rotatable bonds is 4. The van der Waals surface area contributed by atoms with Crippen LogP contribution in [0, 0.1) is 5.92 Å². The van der Waals surface area contributed by atoms with Gasteiger partial charge in [0, 0.05) is 17.7 Å². The average Bonchev–Trinajstić information content (AvgIpc) is 2.96. The van der Waals surface area contributed by atoms with Crippen molar-refractivity contribution in [3.63, 3.8) is 0 Å². The molecule has 1 saturated carbocycles. The molecular weight excluding hydrogens is 304 g/mol. The summed E-state index contributed by atoms with van der Waals surface area (Å²) in [6, 6.07) is 16.1. The van der Waals surface area contributed by atoms with E-state index in [0.29, 0.717) is 12.3 Å². The minimum atomic E-state index is 0.127. The van der Waals surface area contributed by atoms with Crippen molar-refractivity contribution in [1.29, 1.82) is 0 Å². The lowest BCUT2D eigenvalue weighted by molar-refractivity contribution is -0.117. The first-order valence-corrected chi connectivity index (χ1v) is 8.85. The minimum absolute atomic E-state index is 0.127. The Kier molecular flexibility index (Phi) is 3.83. The number of hydrogen-bond acceptors (Lipinski definition) is 3. The van der Waals surface area contributed by atoms with E-state index in [1.807, 2.05) is 42.5 Å². The van der Waals surface area contributed by atoms with Crippen LogP contribution in [0.25, 0.3) is 20.8 Å². The number of thiazole rings is 1. The van der Waals surface area contributed by atoms with Gasteiger partial charge >= 0.3 is 0 Å². The van der Waals surface area contributed by atoms with Crippen molar-refractivity contribution in [3.8, 4) is 10.6 Å². The zero-order chi connectivity index (χ0) is 15.6. The van der Waals surface area contributed by atoms with Gasteiger partial charge in [0.25, 0.3) is 0 Å². The molecule has 0 unspecified atom stereocenters. The standard InChI is InChI=1S/C19H18N2OS/c22-18(12-13-4-3-5-13)20-15-10-8-14(9-11-15)19-21-16-6-1-2-7-17(16)23-19/h1-2,6-11,13H,3-5,12H2,(H,20,22). The van der Waals surface area contributed by atoms with Gasteiger partial charge in [0.05, 0.1) is 10.2 Å². The van der Waals surface area contributed by atoms with Crippen LogP contribution in [0.5, 0.6) is 0 Å². The molecule has 3 aromatic rings. The quantitative estimate of drug-likeness (QED) is 0.727. The van der Waals surface area contributed by atoms with E-state index in [2.05, 4.69) is 16.4 Å². The molecule has 0 aliphatic heterocycles. The smallest absolute Gasteiger partial charge is 0.224 e. The third kappa shape index (κ3) is 3.13. The fraction of sp³-hybridized carbons (Fsp3) is 0.263. The zero-order valence-electron chi connectivity index (χ0n) is 12.8. The number of carbonyl (C=O) groups is 1. The minimum Gasteiger partial charge on any atom is -0.326 e. The van der Waals surface area contributed by atoms with Crippen LogP contribution >= 0.6 is 11.3 Å². The number of aromatic nitrogens is 1. The van der Waals surface area contributed by atoms with E-state index in [-0.39, 0.29) is 5.91 Å². The first-order chi connectivity index (χ1) is 11.3. The fourth-order valence-electron chi connectivity index (χ4n) is 2.86. The second-order valence-corrected chi connectivity index (χ2v) is 7.14. The predicted octanol–water partition coefficient (Wildman–Crippen LogP) is 5.09. The SMILES string of the molecule is O=C(CC1CCC1)Nc1ccc(-c2nc3ccccc3s2)cc1. The average molecular weight is 322 g/mol. The number of anilines is 1. The van der Waals surface area contributed by atoms with Crippen LogP contribution in [0.3, 0.4) is 0 Å². The van der Waals surface area contributed by atoms with E-state index >= 15 is 0 Å². The van der Waals surface area contributed by atoms with Gasteiger partial charge in [-0.2, -0.15) is 0 Å². The molecule has 4 heteroatoms. The molecule has 0 spiro atoms. The lowest BCUT2D eigenvalue weighted by atomic mass is 9.83. The van der Waals surface area contributed by atoms with Crippen LogP contribution in [0.15, 0.2) is 48.5 Å². The molecule has 0 atom stereocenters. The van der Waals surface area contributed by atoms with Gasteiger partial charge in [-0.1, -0.05) is 18.6 Å². The van der Waals surface area contributed by atoms with E-state index in [1.54, 1.807) is 11.3 Å². The number of hydrogen-bond donors (Lipinski definition) is 1. The summed E-state index contributed by atoms with van der Waals surface area (Å²) in [5.74, 6) is 0.722. The molecule has 1 aliphatic rings. The van der Waals surface area contributed by atoms with Crippen molar-refractivity contribution in [1.82, 2.24) is 4.98 Å². The Morgan fingerprint density at radius 2 is 1.91 bits per heavy atom. The first kappa shape index (κ1) is 14.4. The van der Waals surface area contributed by atoms with Crippen LogP contribution in [0.4, 0.5) is 5.69 Å². The van der Waals surface area contributed by atoms with Crippen LogP contribution in [-0.2, 0) is 4.79 Å². The molecule has 2 aromatic carbocycles. The fourth-order valence-corrected chi connectivity index (χ4v) is 3.83. The molecule has 1 aliphatic carbocycles. The maximum Gasteiger partial charge on any atom is 0.224 e. The van der Waals surface area contributed by atoms with Crippen molar-refractivity contribution in [3.05, 3.63) is 48.5 Å². The summed E-state index contributed by atoms with van der Waals surface area (Å²) in [5, 5.41) is 4.00. The van der Waals surface area contributed by atoms with Crippen molar-refractivity contribution in [2.75, 3.05) is 5.32 Å². The molecule has 0 radical (unpaired) electrons. The summed E-state index contributed by atoms with van der Waals surface area (Å²) in [4.78, 5) is 16.6. The molecule has 1 aromatic heterocycles. The second-order valence-electron chi connectivity index (χ2n) is 6.11. The number of nitrogens with one attached hydrogen (secondary N) is 1. The third-order valence-electron chi connectivity index (χ3n) is 4.41. The molecule has 116 valence electrons. The van der Waals surface area contributed by atoms with Gasteiger partial charge in [-0.3, -0.25) is 4.79 Å². The first-order valence-electron chi connectivity index (χ1n) is 8.04. The highest BCUT2D eigenvalue weighted by molar-refractivity contribution is 7.21. The van der Waals surface area contributed by atoms with E-state index in [1.165, 1.54) is 24.0 Å². The monoisotopic (exact) mass is 322 g/mol. The largest absolute Gasteiger partial charge is 0.326 e. The van der Waals surface area contributed by atoms with Crippen molar-refractivity contribution in [2.24, 2.45) is 5.92 Å². The molecule has 1 amide bonds. The van der Waals surface area contributed by atoms with E-state index in [9.17, 15) is 4.79 Å². The van der Waals surface area contributed by atoms with Crippen molar-refractivity contribution < 1.29 is 4.79 Å². The lowest BCUT2D eigenvalue weighted by Crippen LogP contribution is -2.20. The Labute approximate surface area is 139 Å². The van der Waals surface area contributed by atoms with Crippen molar-refractivity contribution >= 4 is 33.1 Å². The van der Waals surface area contributed by atoms with Gasteiger partial charge < -0.3 is 5.32 Å². The summed E-state index contributed by atoms with van der Waals surface area (Å²) in [5.41, 5.74) is 2.98. The molecule has 1 heterocycles. The molecular formula is C19H18N2OS. The Balaban J connectivity index is 1.47. The summed E-state index contributed by atoms with van der Waals surface area (Å²) >= 11 is 1.69. The van der Waals surface area contributed by atoms with Gasteiger partial charge in [-0.25, -0.2) is 4.98 Å². The van der Waals surface area contributed by atoms with Gasteiger partial charge in [0.15, 0.2) is 0 Å². The van der Waals surface area contributed by atoms with Gasteiger partial charge in [0.1, 0.15) is 5.01 Å².